The van der Waals surface area contributed by atoms with E-state index in [1.807, 2.05) is 50.8 Å². The highest BCUT2D eigenvalue weighted by molar-refractivity contribution is 7.13. The van der Waals surface area contributed by atoms with Crippen molar-refractivity contribution in [1.29, 1.82) is 0 Å². The van der Waals surface area contributed by atoms with E-state index < -0.39 is 0 Å². The SMILES string of the molecule is CCc1onc(C)c1-c1cccc([C@@H]2CN(C(=O)c3sc(C)nc3C)CCO2)n1. The maximum Gasteiger partial charge on any atom is 0.266 e. The lowest BCUT2D eigenvalue weighted by molar-refractivity contribution is -0.0245. The van der Waals surface area contributed by atoms with Crippen LogP contribution in [0.15, 0.2) is 22.7 Å². The summed E-state index contributed by atoms with van der Waals surface area (Å²) >= 11 is 1.44. The normalized spacial score (nSPS) is 17.0. The van der Waals surface area contributed by atoms with Crippen LogP contribution in [0, 0.1) is 20.8 Å². The van der Waals surface area contributed by atoms with Crippen molar-refractivity contribution in [1.82, 2.24) is 20.0 Å². The number of carbonyl (C=O) groups is 1. The van der Waals surface area contributed by atoms with Crippen LogP contribution in [0.4, 0.5) is 0 Å². The van der Waals surface area contributed by atoms with Gasteiger partial charge in [-0.15, -0.1) is 11.3 Å². The number of thiazole rings is 1. The number of morpholine rings is 1. The highest BCUT2D eigenvalue weighted by atomic mass is 32.1. The maximum absolute atomic E-state index is 13.0. The van der Waals surface area contributed by atoms with Crippen molar-refractivity contribution >= 4 is 17.2 Å². The van der Waals surface area contributed by atoms with Gasteiger partial charge in [0.05, 0.1) is 46.5 Å². The molecule has 1 fully saturated rings. The van der Waals surface area contributed by atoms with Crippen molar-refractivity contribution in [2.75, 3.05) is 19.7 Å². The highest BCUT2D eigenvalue weighted by Gasteiger charge is 2.29. The molecule has 152 valence electrons. The lowest BCUT2D eigenvalue weighted by Crippen LogP contribution is -2.42. The second kappa shape index (κ2) is 8.04. The van der Waals surface area contributed by atoms with Crippen LogP contribution in [0.5, 0.6) is 0 Å². The third-order valence-electron chi connectivity index (χ3n) is 5.06. The number of nitrogens with zero attached hydrogens (tertiary/aromatic N) is 4. The van der Waals surface area contributed by atoms with Crippen molar-refractivity contribution in [3.63, 3.8) is 0 Å². The number of aromatic nitrogens is 3. The molecule has 4 heterocycles. The fourth-order valence-electron chi connectivity index (χ4n) is 3.64. The number of carbonyl (C=O) groups excluding carboxylic acids is 1. The molecule has 0 radical (unpaired) electrons. The Morgan fingerprint density at radius 2 is 2.07 bits per heavy atom. The van der Waals surface area contributed by atoms with Gasteiger partial charge in [-0.2, -0.15) is 0 Å². The summed E-state index contributed by atoms with van der Waals surface area (Å²) in [4.78, 5) is 24.7. The lowest BCUT2D eigenvalue weighted by atomic mass is 10.1. The Bertz CT molecular complexity index is 1040. The minimum atomic E-state index is -0.271. The largest absolute Gasteiger partial charge is 0.368 e. The van der Waals surface area contributed by atoms with E-state index in [9.17, 15) is 4.79 Å². The molecule has 1 aliphatic rings. The van der Waals surface area contributed by atoms with Crippen molar-refractivity contribution in [2.45, 2.75) is 40.2 Å². The minimum Gasteiger partial charge on any atom is -0.368 e. The standard InChI is InChI=1S/C21H24N4O3S/c1-5-17-19(12(2)24-28-17)16-8-6-7-15(23-16)18-11-25(9-10-27-18)21(26)20-13(3)22-14(4)29-20/h6-8,18H,5,9-11H2,1-4H3/t18-/m0/s1. The van der Waals surface area contributed by atoms with E-state index in [1.165, 1.54) is 11.3 Å². The molecule has 1 amide bonds. The van der Waals surface area contributed by atoms with Gasteiger partial charge in [0.25, 0.3) is 5.91 Å². The fraction of sp³-hybridized carbons (Fsp3) is 0.429. The molecule has 0 aromatic carbocycles. The first-order valence-electron chi connectivity index (χ1n) is 9.75. The molecule has 3 aromatic rings. The third kappa shape index (κ3) is 3.82. The molecule has 1 saturated heterocycles. The van der Waals surface area contributed by atoms with E-state index in [-0.39, 0.29) is 12.0 Å². The molecule has 1 atom stereocenters. The second-order valence-corrected chi connectivity index (χ2v) is 8.33. The van der Waals surface area contributed by atoms with Crippen LogP contribution < -0.4 is 0 Å². The molecule has 4 rings (SSSR count). The average Bonchev–Trinajstić information content (AvgIpc) is 3.28. The van der Waals surface area contributed by atoms with Gasteiger partial charge >= 0.3 is 0 Å². The molecule has 0 aliphatic carbocycles. The van der Waals surface area contributed by atoms with Gasteiger partial charge in [0, 0.05) is 13.0 Å². The summed E-state index contributed by atoms with van der Waals surface area (Å²) in [7, 11) is 0. The van der Waals surface area contributed by atoms with Crippen molar-refractivity contribution in [2.24, 2.45) is 0 Å². The number of rotatable bonds is 4. The molecule has 0 N–H and O–H groups in total. The topological polar surface area (TPSA) is 81.4 Å². The van der Waals surface area contributed by atoms with E-state index in [4.69, 9.17) is 14.2 Å². The van der Waals surface area contributed by atoms with Gasteiger partial charge in [-0.1, -0.05) is 18.1 Å². The maximum atomic E-state index is 13.0. The van der Waals surface area contributed by atoms with Crippen molar-refractivity contribution in [3.8, 4) is 11.3 Å². The predicted molar refractivity (Wildman–Crippen MR) is 110 cm³/mol. The number of aryl methyl sites for hydroxylation is 4. The zero-order valence-corrected chi connectivity index (χ0v) is 17.9. The van der Waals surface area contributed by atoms with E-state index >= 15 is 0 Å². The predicted octanol–water partition coefficient (Wildman–Crippen LogP) is 3.89. The van der Waals surface area contributed by atoms with Gasteiger partial charge in [0.2, 0.25) is 0 Å². The minimum absolute atomic E-state index is 0.0145. The van der Waals surface area contributed by atoms with Crippen LogP contribution in [-0.4, -0.2) is 45.6 Å². The van der Waals surface area contributed by atoms with Crippen LogP contribution in [-0.2, 0) is 11.2 Å². The Morgan fingerprint density at radius 3 is 2.79 bits per heavy atom. The smallest absolute Gasteiger partial charge is 0.266 e. The Labute approximate surface area is 173 Å². The van der Waals surface area contributed by atoms with E-state index in [2.05, 4.69) is 10.1 Å². The highest BCUT2D eigenvalue weighted by Crippen LogP contribution is 2.29. The Kier molecular flexibility index (Phi) is 5.47. The summed E-state index contributed by atoms with van der Waals surface area (Å²) in [5.74, 6) is 0.838. The number of amides is 1. The monoisotopic (exact) mass is 412 g/mol. The summed E-state index contributed by atoms with van der Waals surface area (Å²) in [5, 5.41) is 4.98. The molecule has 29 heavy (non-hydrogen) atoms. The molecule has 1 aliphatic heterocycles. The van der Waals surface area contributed by atoms with Crippen LogP contribution >= 0.6 is 11.3 Å². The molecule has 0 spiro atoms. The summed E-state index contributed by atoms with van der Waals surface area (Å²) in [5.41, 5.74) is 4.17. The first-order chi connectivity index (χ1) is 14.0. The molecule has 8 heteroatoms. The zero-order valence-electron chi connectivity index (χ0n) is 17.1. The second-order valence-electron chi connectivity index (χ2n) is 7.13. The molecule has 7 nitrogen and oxygen atoms in total. The van der Waals surface area contributed by atoms with Gasteiger partial charge in [-0.25, -0.2) is 9.97 Å². The molecular formula is C21H24N4O3S. The Hall–Kier alpha value is -2.58. The van der Waals surface area contributed by atoms with Crippen LogP contribution in [0.3, 0.4) is 0 Å². The lowest BCUT2D eigenvalue weighted by Gasteiger charge is -2.32. The van der Waals surface area contributed by atoms with Gasteiger partial charge < -0.3 is 14.2 Å². The van der Waals surface area contributed by atoms with Crippen molar-refractivity contribution in [3.05, 3.63) is 50.9 Å². The average molecular weight is 413 g/mol. The van der Waals surface area contributed by atoms with E-state index in [0.717, 1.165) is 45.5 Å². The zero-order chi connectivity index (χ0) is 20.5. The number of hydrogen-bond acceptors (Lipinski definition) is 7. The molecular weight excluding hydrogens is 388 g/mol. The van der Waals surface area contributed by atoms with Gasteiger partial charge in [0.15, 0.2) is 0 Å². The van der Waals surface area contributed by atoms with Gasteiger partial charge in [0.1, 0.15) is 16.7 Å². The summed E-state index contributed by atoms with van der Waals surface area (Å²) in [6, 6.07) is 5.86. The van der Waals surface area contributed by atoms with Crippen LogP contribution in [0.25, 0.3) is 11.3 Å². The quantitative estimate of drug-likeness (QED) is 0.647. The molecule has 0 saturated carbocycles. The van der Waals surface area contributed by atoms with Crippen LogP contribution in [0.2, 0.25) is 0 Å². The number of hydrogen-bond donors (Lipinski definition) is 0. The Balaban J connectivity index is 1.58. The third-order valence-corrected chi connectivity index (χ3v) is 6.12. The Morgan fingerprint density at radius 1 is 1.24 bits per heavy atom. The number of ether oxygens (including phenoxy) is 1. The van der Waals surface area contributed by atoms with E-state index in [0.29, 0.717) is 24.6 Å². The van der Waals surface area contributed by atoms with Gasteiger partial charge in [-0.3, -0.25) is 4.79 Å². The van der Waals surface area contributed by atoms with E-state index in [1.54, 1.807) is 0 Å². The molecule has 0 unspecified atom stereocenters. The number of pyridine rings is 1. The summed E-state index contributed by atoms with van der Waals surface area (Å²) in [6.45, 7) is 9.26. The summed E-state index contributed by atoms with van der Waals surface area (Å²) in [6.07, 6.45) is 0.477. The summed E-state index contributed by atoms with van der Waals surface area (Å²) < 4.78 is 11.4. The first-order valence-corrected chi connectivity index (χ1v) is 10.6. The fourth-order valence-corrected chi connectivity index (χ4v) is 4.53. The van der Waals surface area contributed by atoms with Crippen molar-refractivity contribution < 1.29 is 14.1 Å². The van der Waals surface area contributed by atoms with Gasteiger partial charge in [-0.05, 0) is 32.9 Å². The first kappa shape index (κ1) is 19.7. The molecule has 3 aromatic heterocycles. The van der Waals surface area contributed by atoms with Crippen LogP contribution in [0.1, 0.15) is 50.5 Å². The molecule has 0 bridgehead atoms.